The van der Waals surface area contributed by atoms with E-state index in [1.807, 2.05) is 32.9 Å². The highest BCUT2D eigenvalue weighted by Gasteiger charge is 2.17. The van der Waals surface area contributed by atoms with Crippen LogP contribution in [0.1, 0.15) is 22.3 Å². The van der Waals surface area contributed by atoms with Crippen LogP contribution in [-0.2, 0) is 0 Å². The summed E-state index contributed by atoms with van der Waals surface area (Å²) in [6.45, 7) is 5.58. The van der Waals surface area contributed by atoms with Gasteiger partial charge < -0.3 is 5.11 Å². The van der Waals surface area contributed by atoms with E-state index in [0.29, 0.717) is 16.4 Å². The Labute approximate surface area is 176 Å². The summed E-state index contributed by atoms with van der Waals surface area (Å²) in [7, 11) is 0. The minimum Gasteiger partial charge on any atom is -0.493 e. The molecule has 0 amide bonds. The average molecular weight is 433 g/mol. The number of aromatic nitrogens is 2. The van der Waals surface area contributed by atoms with Gasteiger partial charge in [0.15, 0.2) is 0 Å². The van der Waals surface area contributed by atoms with E-state index in [1.54, 1.807) is 18.2 Å². The van der Waals surface area contributed by atoms with E-state index < -0.39 is 17.1 Å². The highest BCUT2D eigenvalue weighted by atomic mass is 35.5. The van der Waals surface area contributed by atoms with Gasteiger partial charge in [0, 0.05) is 0 Å². The number of H-pyrrole nitrogens is 1. The summed E-state index contributed by atoms with van der Waals surface area (Å²) in [6, 6.07) is 8.72. The number of hydrogen-bond acceptors (Lipinski definition) is 5. The maximum Gasteiger partial charge on any atom is 0.335 e. The van der Waals surface area contributed by atoms with Crippen LogP contribution in [0.25, 0.3) is 5.69 Å². The zero-order valence-electron chi connectivity index (χ0n) is 15.9. The Morgan fingerprint density at radius 3 is 2.45 bits per heavy atom. The number of hydrazone groups is 1. The number of benzene rings is 2. The lowest BCUT2D eigenvalue weighted by Gasteiger charge is -2.15. The number of halogens is 2. The molecule has 3 rings (SSSR count). The number of hydrogen-bond donors (Lipinski definition) is 3. The molecule has 29 heavy (non-hydrogen) atoms. The third-order valence-corrected chi connectivity index (χ3v) is 5.13. The summed E-state index contributed by atoms with van der Waals surface area (Å²) in [5.74, 6) is -0.517. The van der Waals surface area contributed by atoms with Gasteiger partial charge in [0.05, 0.1) is 27.6 Å². The Kier molecular flexibility index (Phi) is 5.81. The molecule has 2 aromatic carbocycles. The Morgan fingerprint density at radius 1 is 1.14 bits per heavy atom. The first-order valence-corrected chi connectivity index (χ1v) is 9.36. The number of nitrogens with zero attached hydrogens (tertiary/aromatic N) is 2. The summed E-state index contributed by atoms with van der Waals surface area (Å²) >= 11 is 12.0. The topological polar surface area (TPSA) is 99.5 Å². The molecule has 7 nitrogen and oxygen atoms in total. The number of aromatic hydroxyl groups is 1. The number of anilines is 1. The smallest absolute Gasteiger partial charge is 0.335 e. The van der Waals surface area contributed by atoms with Crippen LogP contribution < -0.4 is 16.7 Å². The van der Waals surface area contributed by atoms with Gasteiger partial charge in [-0.05, 0) is 44.0 Å². The fourth-order valence-corrected chi connectivity index (χ4v) is 3.49. The lowest BCUT2D eigenvalue weighted by molar-refractivity contribution is 0.429. The molecule has 0 aliphatic rings. The second-order valence-electron chi connectivity index (χ2n) is 6.55. The highest BCUT2D eigenvalue weighted by molar-refractivity contribution is 6.43. The van der Waals surface area contributed by atoms with Crippen LogP contribution in [0.15, 0.2) is 45.0 Å². The molecule has 0 bridgehead atoms. The predicted octanol–water partition coefficient (Wildman–Crippen LogP) is 3.91. The summed E-state index contributed by atoms with van der Waals surface area (Å²) in [6.07, 6.45) is 1.11. The van der Waals surface area contributed by atoms with Crippen LogP contribution in [0.3, 0.4) is 0 Å². The molecule has 0 saturated carbocycles. The molecule has 3 aromatic rings. The first-order chi connectivity index (χ1) is 13.7. The average Bonchev–Trinajstić information content (AvgIpc) is 2.63. The van der Waals surface area contributed by atoms with Crippen molar-refractivity contribution in [1.82, 2.24) is 9.55 Å². The first kappa shape index (κ1) is 20.7. The molecule has 150 valence electrons. The van der Waals surface area contributed by atoms with Crippen molar-refractivity contribution in [1.29, 1.82) is 0 Å². The van der Waals surface area contributed by atoms with Crippen LogP contribution in [0.5, 0.6) is 5.88 Å². The molecule has 0 atom stereocenters. The van der Waals surface area contributed by atoms with Gasteiger partial charge in [-0.1, -0.05) is 47.0 Å². The van der Waals surface area contributed by atoms with Gasteiger partial charge in [-0.2, -0.15) is 5.10 Å². The second-order valence-corrected chi connectivity index (χ2v) is 7.34. The Balaban J connectivity index is 2.08. The minimum absolute atomic E-state index is 0.186. The zero-order chi connectivity index (χ0) is 21.3. The SMILES string of the molecule is Cc1cc(C)c(-n2c(O)c(C=NNc3cccc(Cl)c3Cl)c(=O)[nH]c2=O)c(C)c1. The third-order valence-electron chi connectivity index (χ3n) is 4.31. The number of rotatable bonds is 4. The van der Waals surface area contributed by atoms with E-state index in [9.17, 15) is 14.7 Å². The van der Waals surface area contributed by atoms with Crippen LogP contribution in [0, 0.1) is 20.8 Å². The summed E-state index contributed by atoms with van der Waals surface area (Å²) in [5, 5.41) is 15.2. The van der Waals surface area contributed by atoms with Gasteiger partial charge in [-0.15, -0.1) is 0 Å². The van der Waals surface area contributed by atoms with Crippen molar-refractivity contribution in [2.45, 2.75) is 20.8 Å². The van der Waals surface area contributed by atoms with E-state index in [1.165, 1.54) is 0 Å². The van der Waals surface area contributed by atoms with Gasteiger partial charge in [0.1, 0.15) is 5.56 Å². The van der Waals surface area contributed by atoms with E-state index in [0.717, 1.165) is 27.5 Å². The van der Waals surface area contributed by atoms with Crippen molar-refractivity contribution in [3.63, 3.8) is 0 Å². The van der Waals surface area contributed by atoms with E-state index >= 15 is 0 Å². The fourth-order valence-electron chi connectivity index (χ4n) is 3.14. The van der Waals surface area contributed by atoms with E-state index in [2.05, 4.69) is 15.5 Å². The molecule has 1 aromatic heterocycles. The van der Waals surface area contributed by atoms with Gasteiger partial charge in [0.2, 0.25) is 5.88 Å². The Bertz CT molecular complexity index is 1220. The van der Waals surface area contributed by atoms with Crippen LogP contribution in [0.2, 0.25) is 10.0 Å². The maximum atomic E-state index is 12.4. The van der Waals surface area contributed by atoms with Crippen molar-refractivity contribution in [3.05, 3.63) is 83.5 Å². The first-order valence-electron chi connectivity index (χ1n) is 8.60. The molecule has 1 heterocycles. The molecule has 0 spiro atoms. The van der Waals surface area contributed by atoms with Crippen LogP contribution in [0.4, 0.5) is 5.69 Å². The normalized spacial score (nSPS) is 11.2. The van der Waals surface area contributed by atoms with Crippen molar-refractivity contribution in [2.75, 3.05) is 5.43 Å². The summed E-state index contributed by atoms with van der Waals surface area (Å²) < 4.78 is 1.05. The Morgan fingerprint density at radius 2 is 1.79 bits per heavy atom. The third kappa shape index (κ3) is 4.06. The van der Waals surface area contributed by atoms with Gasteiger partial charge >= 0.3 is 5.69 Å². The lowest BCUT2D eigenvalue weighted by Crippen LogP contribution is -2.32. The summed E-state index contributed by atoms with van der Waals surface area (Å²) in [5.41, 5.74) is 4.45. The van der Waals surface area contributed by atoms with Crippen molar-refractivity contribution >= 4 is 35.1 Å². The molecule has 3 N–H and O–H groups in total. The van der Waals surface area contributed by atoms with Crippen LogP contribution >= 0.6 is 23.2 Å². The van der Waals surface area contributed by atoms with Gasteiger partial charge in [0.25, 0.3) is 5.56 Å². The van der Waals surface area contributed by atoms with Crippen LogP contribution in [-0.4, -0.2) is 20.9 Å². The molecule has 0 radical (unpaired) electrons. The van der Waals surface area contributed by atoms with E-state index in [-0.39, 0.29) is 10.6 Å². The van der Waals surface area contributed by atoms with Gasteiger partial charge in [-0.25, -0.2) is 9.36 Å². The molecular weight excluding hydrogens is 415 g/mol. The maximum absolute atomic E-state index is 12.4. The number of aryl methyl sites for hydroxylation is 3. The monoisotopic (exact) mass is 432 g/mol. The number of nitrogens with one attached hydrogen (secondary N) is 2. The summed E-state index contributed by atoms with van der Waals surface area (Å²) in [4.78, 5) is 26.9. The molecule has 0 aliphatic carbocycles. The second kappa shape index (κ2) is 8.14. The fraction of sp³-hybridized carbons (Fsp3) is 0.150. The lowest BCUT2D eigenvalue weighted by atomic mass is 10.0. The standard InChI is InChI=1S/C20H18Cl2N4O3/c1-10-7-11(2)17(12(3)8-10)26-19(28)13(18(27)24-20(26)29)9-23-25-15-6-4-5-14(21)16(15)22/h4-9,25,28H,1-3H3,(H,24,27,29). The molecule has 0 fully saturated rings. The van der Waals surface area contributed by atoms with E-state index in [4.69, 9.17) is 23.2 Å². The molecule has 0 aliphatic heterocycles. The van der Waals surface area contributed by atoms with Crippen molar-refractivity contribution < 1.29 is 5.11 Å². The predicted molar refractivity (Wildman–Crippen MR) is 116 cm³/mol. The zero-order valence-corrected chi connectivity index (χ0v) is 17.4. The molecule has 0 saturated heterocycles. The van der Waals surface area contributed by atoms with Crippen molar-refractivity contribution in [3.8, 4) is 11.6 Å². The largest absolute Gasteiger partial charge is 0.493 e. The quantitative estimate of drug-likeness (QED) is 0.429. The van der Waals surface area contributed by atoms with Crippen molar-refractivity contribution in [2.24, 2.45) is 5.10 Å². The molecular formula is C20H18Cl2N4O3. The van der Waals surface area contributed by atoms with Gasteiger partial charge in [-0.3, -0.25) is 15.2 Å². The molecule has 0 unspecified atom stereocenters. The minimum atomic E-state index is -0.770. The number of aromatic amines is 1. The molecule has 9 heteroatoms. The Hall–Kier alpha value is -3.03. The highest BCUT2D eigenvalue weighted by Crippen LogP contribution is 2.29.